The Morgan fingerprint density at radius 3 is 2.70 bits per heavy atom. The van der Waals surface area contributed by atoms with Crippen molar-refractivity contribution in [1.82, 2.24) is 9.97 Å². The number of hydrogen-bond acceptors (Lipinski definition) is 4. The Bertz CT molecular complexity index is 966. The van der Waals surface area contributed by atoms with Gasteiger partial charge in [0, 0.05) is 46.4 Å². The Labute approximate surface area is 166 Å². The number of rotatable bonds is 3. The van der Waals surface area contributed by atoms with Gasteiger partial charge in [-0.05, 0) is 60.0 Å². The predicted octanol–water partition coefficient (Wildman–Crippen LogP) is 4.56. The number of piperidine rings is 1. The highest BCUT2D eigenvalue weighted by Gasteiger charge is 2.26. The number of benzene rings is 1. The number of aromatic nitrogens is 2. The van der Waals surface area contributed by atoms with E-state index in [-0.39, 0.29) is 11.8 Å². The number of hydrogen-bond donors (Lipinski definition) is 1. The second-order valence-corrected chi connectivity index (χ2v) is 7.83. The molecule has 1 aromatic carbocycles. The maximum atomic E-state index is 12.6. The van der Waals surface area contributed by atoms with E-state index in [0.29, 0.717) is 5.82 Å². The van der Waals surface area contributed by atoms with Gasteiger partial charge in [0.05, 0.1) is 5.52 Å². The minimum atomic E-state index is 0.0147. The zero-order valence-corrected chi connectivity index (χ0v) is 16.7. The Kier molecular flexibility index (Phi) is 5.07. The van der Waals surface area contributed by atoms with Crippen LogP contribution in [0, 0.1) is 12.8 Å². The average molecular weight is 425 g/mol. The first kappa shape index (κ1) is 17.9. The van der Waals surface area contributed by atoms with Gasteiger partial charge < -0.3 is 10.2 Å². The molecule has 1 saturated heterocycles. The van der Waals surface area contributed by atoms with Crippen LogP contribution in [-0.4, -0.2) is 29.0 Å². The van der Waals surface area contributed by atoms with Crippen LogP contribution in [0.2, 0.25) is 0 Å². The molecular weight excluding hydrogens is 404 g/mol. The van der Waals surface area contributed by atoms with E-state index in [1.54, 1.807) is 6.20 Å². The van der Waals surface area contributed by atoms with Crippen molar-refractivity contribution in [3.05, 3.63) is 58.8 Å². The number of aryl methyl sites for hydroxylation is 1. The highest BCUT2D eigenvalue weighted by atomic mass is 79.9. The van der Waals surface area contributed by atoms with Crippen LogP contribution in [0.5, 0.6) is 0 Å². The van der Waals surface area contributed by atoms with E-state index < -0.39 is 0 Å². The van der Waals surface area contributed by atoms with Crippen LogP contribution in [0.1, 0.15) is 18.5 Å². The molecule has 0 saturated carbocycles. The first-order chi connectivity index (χ1) is 13.1. The molecule has 2 aromatic heterocycles. The molecule has 3 aromatic rings. The topological polar surface area (TPSA) is 58.1 Å². The van der Waals surface area contributed by atoms with E-state index in [1.165, 1.54) is 11.1 Å². The van der Waals surface area contributed by atoms with E-state index in [0.717, 1.165) is 41.6 Å². The van der Waals surface area contributed by atoms with Gasteiger partial charge >= 0.3 is 0 Å². The number of halogens is 1. The quantitative estimate of drug-likeness (QED) is 0.669. The van der Waals surface area contributed by atoms with Crippen molar-refractivity contribution in [2.45, 2.75) is 19.8 Å². The molecule has 0 unspecified atom stereocenters. The molecule has 1 aliphatic rings. The average Bonchev–Trinajstić information content (AvgIpc) is 2.69. The van der Waals surface area contributed by atoms with Gasteiger partial charge in [-0.2, -0.15) is 0 Å². The number of nitrogens with one attached hydrogen (secondary N) is 1. The standard InChI is InChI=1S/C21H21BrN4O/c1-14-12-19(17-4-2-3-5-18(17)24-14)26-10-8-15(9-11-26)21(27)25-20-7-6-16(22)13-23-20/h2-7,12-13,15H,8-11H2,1H3,(H,23,25,27). The predicted molar refractivity (Wildman–Crippen MR) is 112 cm³/mol. The zero-order valence-electron chi connectivity index (χ0n) is 15.2. The summed E-state index contributed by atoms with van der Waals surface area (Å²) in [5.74, 6) is 0.669. The summed E-state index contributed by atoms with van der Waals surface area (Å²) in [7, 11) is 0. The third-order valence-corrected chi connectivity index (χ3v) is 5.48. The van der Waals surface area contributed by atoms with Gasteiger partial charge in [0.2, 0.25) is 5.91 Å². The number of carbonyl (C=O) groups excluding carboxylic acids is 1. The van der Waals surface area contributed by atoms with E-state index in [1.807, 2.05) is 31.2 Å². The van der Waals surface area contributed by atoms with Crippen LogP contribution in [0.3, 0.4) is 0 Å². The second kappa shape index (κ2) is 7.64. The summed E-state index contributed by atoms with van der Waals surface area (Å²) in [5.41, 5.74) is 3.25. The molecule has 0 atom stereocenters. The largest absolute Gasteiger partial charge is 0.371 e. The van der Waals surface area contributed by atoms with Gasteiger partial charge in [-0.3, -0.25) is 9.78 Å². The fourth-order valence-electron chi connectivity index (χ4n) is 3.61. The van der Waals surface area contributed by atoms with Gasteiger partial charge in [-0.25, -0.2) is 4.98 Å². The van der Waals surface area contributed by atoms with Crippen molar-refractivity contribution in [1.29, 1.82) is 0 Å². The van der Waals surface area contributed by atoms with Crippen LogP contribution in [0.25, 0.3) is 10.9 Å². The number of amides is 1. The van der Waals surface area contributed by atoms with Crippen LogP contribution in [-0.2, 0) is 4.79 Å². The minimum Gasteiger partial charge on any atom is -0.371 e. The van der Waals surface area contributed by atoms with Crippen LogP contribution in [0.4, 0.5) is 11.5 Å². The minimum absolute atomic E-state index is 0.0147. The third kappa shape index (κ3) is 3.95. The Morgan fingerprint density at radius 2 is 1.96 bits per heavy atom. The third-order valence-electron chi connectivity index (χ3n) is 5.01. The van der Waals surface area contributed by atoms with Gasteiger partial charge in [0.15, 0.2) is 0 Å². The van der Waals surface area contributed by atoms with Crippen molar-refractivity contribution < 1.29 is 4.79 Å². The van der Waals surface area contributed by atoms with Crippen molar-refractivity contribution in [2.24, 2.45) is 5.92 Å². The number of anilines is 2. The summed E-state index contributed by atoms with van der Waals surface area (Å²) in [6.07, 6.45) is 3.35. The molecule has 6 heteroatoms. The van der Waals surface area contributed by atoms with E-state index in [9.17, 15) is 4.79 Å². The first-order valence-electron chi connectivity index (χ1n) is 9.14. The van der Waals surface area contributed by atoms with Crippen molar-refractivity contribution >= 4 is 44.2 Å². The summed E-state index contributed by atoms with van der Waals surface area (Å²) >= 11 is 3.35. The summed E-state index contributed by atoms with van der Waals surface area (Å²) in [6.45, 7) is 3.75. The number of fused-ring (bicyclic) bond motifs is 1. The highest BCUT2D eigenvalue weighted by Crippen LogP contribution is 2.30. The lowest BCUT2D eigenvalue weighted by molar-refractivity contribution is -0.120. The van der Waals surface area contributed by atoms with Crippen LogP contribution in [0.15, 0.2) is 53.1 Å². The molecular formula is C21H21BrN4O. The lowest BCUT2D eigenvalue weighted by Crippen LogP contribution is -2.38. The SMILES string of the molecule is Cc1cc(N2CCC(C(=O)Nc3ccc(Br)cn3)CC2)c2ccccc2n1. The molecule has 0 bridgehead atoms. The fourth-order valence-corrected chi connectivity index (χ4v) is 3.84. The molecule has 0 spiro atoms. The molecule has 0 aliphatic carbocycles. The van der Waals surface area contributed by atoms with E-state index in [2.05, 4.69) is 54.3 Å². The molecule has 1 fully saturated rings. The summed E-state index contributed by atoms with van der Waals surface area (Å²) < 4.78 is 0.897. The van der Waals surface area contributed by atoms with Gasteiger partial charge in [0.25, 0.3) is 0 Å². The molecule has 1 N–H and O–H groups in total. The van der Waals surface area contributed by atoms with Crippen molar-refractivity contribution in [2.75, 3.05) is 23.3 Å². The first-order valence-corrected chi connectivity index (χ1v) is 9.93. The highest BCUT2D eigenvalue weighted by molar-refractivity contribution is 9.10. The smallest absolute Gasteiger partial charge is 0.228 e. The summed E-state index contributed by atoms with van der Waals surface area (Å²) in [5, 5.41) is 4.10. The lowest BCUT2D eigenvalue weighted by atomic mass is 9.95. The molecule has 1 amide bonds. The molecule has 138 valence electrons. The maximum Gasteiger partial charge on any atom is 0.228 e. The van der Waals surface area contributed by atoms with Crippen molar-refractivity contribution in [3.8, 4) is 0 Å². The Morgan fingerprint density at radius 1 is 1.19 bits per heavy atom. The van der Waals surface area contributed by atoms with Crippen LogP contribution < -0.4 is 10.2 Å². The molecule has 1 aliphatic heterocycles. The molecule has 27 heavy (non-hydrogen) atoms. The van der Waals surface area contributed by atoms with Crippen molar-refractivity contribution in [3.63, 3.8) is 0 Å². The van der Waals surface area contributed by atoms with Gasteiger partial charge in [0.1, 0.15) is 5.82 Å². The van der Waals surface area contributed by atoms with Gasteiger partial charge in [-0.1, -0.05) is 18.2 Å². The molecule has 0 radical (unpaired) electrons. The normalized spacial score (nSPS) is 15.1. The number of para-hydroxylation sites is 1. The Hall–Kier alpha value is -2.47. The van der Waals surface area contributed by atoms with E-state index in [4.69, 9.17) is 0 Å². The lowest BCUT2D eigenvalue weighted by Gasteiger charge is -2.33. The van der Waals surface area contributed by atoms with Crippen LogP contribution >= 0.6 is 15.9 Å². The zero-order chi connectivity index (χ0) is 18.8. The fraction of sp³-hybridized carbons (Fsp3) is 0.286. The number of carbonyl (C=O) groups is 1. The maximum absolute atomic E-state index is 12.6. The van der Waals surface area contributed by atoms with E-state index >= 15 is 0 Å². The monoisotopic (exact) mass is 424 g/mol. The molecule has 5 nitrogen and oxygen atoms in total. The van der Waals surface area contributed by atoms with Gasteiger partial charge in [-0.15, -0.1) is 0 Å². The molecule has 4 rings (SSSR count). The molecule has 3 heterocycles. The summed E-state index contributed by atoms with van der Waals surface area (Å²) in [6, 6.07) is 14.1. The summed E-state index contributed by atoms with van der Waals surface area (Å²) in [4.78, 5) is 23.8. The number of pyridine rings is 2. The number of nitrogens with zero attached hydrogens (tertiary/aromatic N) is 3. The second-order valence-electron chi connectivity index (χ2n) is 6.91. The Balaban J connectivity index is 1.45.